The second-order valence-corrected chi connectivity index (χ2v) is 5.25. The Hall–Kier alpha value is -1.04. The maximum atomic E-state index is 11.7. The third-order valence-electron chi connectivity index (χ3n) is 3.14. The predicted molar refractivity (Wildman–Crippen MR) is 63.6 cm³/mol. The topological polar surface area (TPSA) is 52.9 Å². The second-order valence-electron chi connectivity index (χ2n) is 5.25. The molecule has 0 unspecified atom stereocenters. The van der Waals surface area contributed by atoms with Crippen molar-refractivity contribution >= 4 is 5.91 Å². The lowest BCUT2D eigenvalue weighted by Gasteiger charge is -2.26. The molecule has 0 aromatic rings. The highest BCUT2D eigenvalue weighted by molar-refractivity contribution is 5.77. The van der Waals surface area contributed by atoms with Gasteiger partial charge in [0.1, 0.15) is 5.54 Å². The van der Waals surface area contributed by atoms with Gasteiger partial charge in [0.15, 0.2) is 0 Å². The van der Waals surface area contributed by atoms with Gasteiger partial charge in [-0.15, -0.1) is 0 Å². The van der Waals surface area contributed by atoms with Crippen molar-refractivity contribution in [2.45, 2.75) is 64.3 Å². The molecule has 3 heteroatoms. The molecule has 0 atom stereocenters. The third kappa shape index (κ3) is 3.84. The van der Waals surface area contributed by atoms with Gasteiger partial charge in [0, 0.05) is 6.42 Å². The molecule has 0 heterocycles. The van der Waals surface area contributed by atoms with E-state index in [0.717, 1.165) is 25.7 Å². The lowest BCUT2D eigenvalue weighted by molar-refractivity contribution is -0.123. The van der Waals surface area contributed by atoms with Crippen molar-refractivity contribution < 1.29 is 4.79 Å². The van der Waals surface area contributed by atoms with E-state index in [1.54, 1.807) is 0 Å². The van der Waals surface area contributed by atoms with Crippen LogP contribution in [-0.4, -0.2) is 11.4 Å². The number of hydrogen-bond acceptors (Lipinski definition) is 2. The van der Waals surface area contributed by atoms with Crippen LogP contribution in [0, 0.1) is 17.2 Å². The van der Waals surface area contributed by atoms with Crippen molar-refractivity contribution in [3.63, 3.8) is 0 Å². The van der Waals surface area contributed by atoms with Crippen molar-refractivity contribution in [2.24, 2.45) is 5.92 Å². The lowest BCUT2D eigenvalue weighted by Crippen LogP contribution is -2.47. The minimum Gasteiger partial charge on any atom is -0.338 e. The van der Waals surface area contributed by atoms with E-state index in [1.165, 1.54) is 12.8 Å². The van der Waals surface area contributed by atoms with E-state index in [0.29, 0.717) is 12.3 Å². The van der Waals surface area contributed by atoms with Crippen molar-refractivity contribution in [3.8, 4) is 6.07 Å². The average molecular weight is 222 g/mol. The highest BCUT2D eigenvalue weighted by Gasteiger charge is 2.32. The van der Waals surface area contributed by atoms with Crippen LogP contribution in [0.3, 0.4) is 0 Å². The maximum absolute atomic E-state index is 11.7. The fourth-order valence-electron chi connectivity index (χ4n) is 2.29. The lowest BCUT2D eigenvalue weighted by atomic mass is 9.91. The number of carbonyl (C=O) groups is 1. The molecule has 16 heavy (non-hydrogen) atoms. The van der Waals surface area contributed by atoms with Gasteiger partial charge in [-0.2, -0.15) is 5.26 Å². The molecule has 0 aromatic heterocycles. The van der Waals surface area contributed by atoms with Crippen LogP contribution in [-0.2, 0) is 4.79 Å². The molecular formula is C13H22N2O. The number of rotatable bonds is 3. The van der Waals surface area contributed by atoms with Crippen LogP contribution in [0.1, 0.15) is 58.8 Å². The smallest absolute Gasteiger partial charge is 0.221 e. The standard InChI is InChI=1S/C13H22N2O/c1-11(2)9-12(16)15-13(10-14)7-5-3-4-6-8-13/h11H,3-9H2,1-2H3,(H,15,16). The molecule has 0 aromatic carbocycles. The Morgan fingerprint density at radius 3 is 2.31 bits per heavy atom. The normalized spacial score (nSPS) is 19.9. The predicted octanol–water partition coefficient (Wildman–Crippen LogP) is 2.77. The maximum Gasteiger partial charge on any atom is 0.221 e. The Morgan fingerprint density at radius 2 is 1.88 bits per heavy atom. The summed E-state index contributed by atoms with van der Waals surface area (Å²) in [5, 5.41) is 12.2. The minimum absolute atomic E-state index is 0.0263. The highest BCUT2D eigenvalue weighted by atomic mass is 16.1. The van der Waals surface area contributed by atoms with Crippen molar-refractivity contribution in [2.75, 3.05) is 0 Å². The molecule has 1 rings (SSSR count). The van der Waals surface area contributed by atoms with Crippen molar-refractivity contribution in [3.05, 3.63) is 0 Å². The molecule has 1 aliphatic rings. The number of nitrogens with zero attached hydrogens (tertiary/aromatic N) is 1. The number of nitrogens with one attached hydrogen (secondary N) is 1. The van der Waals surface area contributed by atoms with Crippen LogP contribution in [0.25, 0.3) is 0 Å². The molecule has 0 bridgehead atoms. The summed E-state index contributed by atoms with van der Waals surface area (Å²) < 4.78 is 0. The first kappa shape index (κ1) is 13.0. The number of hydrogen-bond donors (Lipinski definition) is 1. The first-order valence-electron chi connectivity index (χ1n) is 6.30. The van der Waals surface area contributed by atoms with E-state index in [2.05, 4.69) is 11.4 Å². The summed E-state index contributed by atoms with van der Waals surface area (Å²) in [6, 6.07) is 2.33. The van der Waals surface area contributed by atoms with E-state index >= 15 is 0 Å². The van der Waals surface area contributed by atoms with Crippen molar-refractivity contribution in [1.82, 2.24) is 5.32 Å². The van der Waals surface area contributed by atoms with E-state index in [4.69, 9.17) is 0 Å². The van der Waals surface area contributed by atoms with Crippen LogP contribution in [0.5, 0.6) is 0 Å². The number of carbonyl (C=O) groups excluding carboxylic acids is 1. The van der Waals surface area contributed by atoms with E-state index in [-0.39, 0.29) is 5.91 Å². The zero-order chi connectivity index (χ0) is 12.0. The second kappa shape index (κ2) is 5.89. The minimum atomic E-state index is -0.581. The highest BCUT2D eigenvalue weighted by Crippen LogP contribution is 2.26. The molecular weight excluding hydrogens is 200 g/mol. The van der Waals surface area contributed by atoms with Gasteiger partial charge in [-0.3, -0.25) is 4.79 Å². The summed E-state index contributed by atoms with van der Waals surface area (Å²) in [5.41, 5.74) is -0.581. The molecule has 0 aliphatic heterocycles. The Kier molecular flexibility index (Phi) is 4.79. The monoisotopic (exact) mass is 222 g/mol. The Balaban J connectivity index is 2.58. The Morgan fingerprint density at radius 1 is 1.31 bits per heavy atom. The van der Waals surface area contributed by atoms with Crippen molar-refractivity contribution in [1.29, 1.82) is 5.26 Å². The molecule has 1 aliphatic carbocycles. The van der Waals surface area contributed by atoms with E-state index in [1.807, 2.05) is 13.8 Å². The zero-order valence-corrected chi connectivity index (χ0v) is 10.4. The number of amides is 1. The van der Waals surface area contributed by atoms with Gasteiger partial charge in [0.2, 0.25) is 5.91 Å². The summed E-state index contributed by atoms with van der Waals surface area (Å²) >= 11 is 0. The first-order chi connectivity index (χ1) is 7.58. The van der Waals surface area contributed by atoms with Gasteiger partial charge in [-0.25, -0.2) is 0 Å². The Bertz CT molecular complexity index is 270. The van der Waals surface area contributed by atoms with Crippen LogP contribution in [0.2, 0.25) is 0 Å². The molecule has 1 N–H and O–H groups in total. The first-order valence-corrected chi connectivity index (χ1v) is 6.30. The molecule has 0 radical (unpaired) electrons. The molecule has 0 saturated heterocycles. The average Bonchev–Trinajstić information content (AvgIpc) is 2.43. The van der Waals surface area contributed by atoms with Gasteiger partial charge >= 0.3 is 0 Å². The van der Waals surface area contributed by atoms with Gasteiger partial charge in [0.25, 0.3) is 0 Å². The van der Waals surface area contributed by atoms with Crippen LogP contribution >= 0.6 is 0 Å². The summed E-state index contributed by atoms with van der Waals surface area (Å²) in [5.74, 6) is 0.375. The molecule has 3 nitrogen and oxygen atoms in total. The molecule has 90 valence electrons. The van der Waals surface area contributed by atoms with Crippen LogP contribution in [0.4, 0.5) is 0 Å². The molecule has 1 amide bonds. The third-order valence-corrected chi connectivity index (χ3v) is 3.14. The van der Waals surface area contributed by atoms with Gasteiger partial charge < -0.3 is 5.32 Å². The summed E-state index contributed by atoms with van der Waals surface area (Å²) in [4.78, 5) is 11.7. The zero-order valence-electron chi connectivity index (χ0n) is 10.4. The summed E-state index contributed by atoms with van der Waals surface area (Å²) in [6.45, 7) is 4.04. The fraction of sp³-hybridized carbons (Fsp3) is 0.846. The fourth-order valence-corrected chi connectivity index (χ4v) is 2.29. The number of nitriles is 1. The SMILES string of the molecule is CC(C)CC(=O)NC1(C#N)CCCCCC1. The van der Waals surface area contributed by atoms with E-state index < -0.39 is 5.54 Å². The van der Waals surface area contributed by atoms with Gasteiger partial charge in [0.05, 0.1) is 6.07 Å². The molecule has 1 fully saturated rings. The van der Waals surface area contributed by atoms with Gasteiger partial charge in [-0.1, -0.05) is 39.5 Å². The van der Waals surface area contributed by atoms with Gasteiger partial charge in [-0.05, 0) is 18.8 Å². The quantitative estimate of drug-likeness (QED) is 0.746. The van der Waals surface area contributed by atoms with Crippen LogP contribution in [0.15, 0.2) is 0 Å². The Labute approximate surface area is 98.2 Å². The molecule has 0 spiro atoms. The van der Waals surface area contributed by atoms with Crippen LogP contribution < -0.4 is 5.32 Å². The summed E-state index contributed by atoms with van der Waals surface area (Å²) in [7, 11) is 0. The largest absolute Gasteiger partial charge is 0.338 e. The van der Waals surface area contributed by atoms with E-state index in [9.17, 15) is 10.1 Å². The summed E-state index contributed by atoms with van der Waals surface area (Å²) in [6.07, 6.45) is 6.61. The molecule has 1 saturated carbocycles.